The Kier molecular flexibility index (Phi) is 4.37. The van der Waals surface area contributed by atoms with E-state index < -0.39 is 11.9 Å². The van der Waals surface area contributed by atoms with Crippen molar-refractivity contribution >= 4 is 17.5 Å². The van der Waals surface area contributed by atoms with Crippen LogP contribution in [0.15, 0.2) is 18.2 Å². The van der Waals surface area contributed by atoms with Crippen LogP contribution in [0.2, 0.25) is 5.02 Å². The van der Waals surface area contributed by atoms with Crippen LogP contribution in [-0.4, -0.2) is 33.9 Å². The van der Waals surface area contributed by atoms with Crippen LogP contribution in [-0.2, 0) is 11.3 Å². The van der Waals surface area contributed by atoms with Crippen molar-refractivity contribution in [3.05, 3.63) is 51.8 Å². The number of aryl methyl sites for hydroxylation is 2. The van der Waals surface area contributed by atoms with Crippen molar-refractivity contribution in [3.63, 3.8) is 0 Å². The standard InChI is InChI=1S/C16H18ClFN4O/c1-9-13(21-10(2)20-9)8-22-7-6-19-16(23)15(22)14-11(17)4-3-5-12(14)18/h3-5,15H,6-8H2,1-2H3,(H,19,23)(H,20,21). The highest BCUT2D eigenvalue weighted by Crippen LogP contribution is 2.32. The molecule has 1 aliphatic heterocycles. The molecule has 2 aromatic rings. The number of hydrogen-bond acceptors (Lipinski definition) is 3. The van der Waals surface area contributed by atoms with Gasteiger partial charge in [-0.3, -0.25) is 9.69 Å². The number of carbonyl (C=O) groups excluding carboxylic acids is 1. The van der Waals surface area contributed by atoms with Crippen molar-refractivity contribution in [2.24, 2.45) is 0 Å². The van der Waals surface area contributed by atoms with Gasteiger partial charge in [0.2, 0.25) is 5.91 Å². The summed E-state index contributed by atoms with van der Waals surface area (Å²) in [6.45, 7) is 5.39. The maximum atomic E-state index is 14.3. The summed E-state index contributed by atoms with van der Waals surface area (Å²) in [5.41, 5.74) is 2.03. The van der Waals surface area contributed by atoms with Gasteiger partial charge in [0.1, 0.15) is 17.7 Å². The van der Waals surface area contributed by atoms with Gasteiger partial charge in [0.05, 0.1) is 5.69 Å². The molecule has 0 spiro atoms. The lowest BCUT2D eigenvalue weighted by Gasteiger charge is -2.35. The molecule has 5 nitrogen and oxygen atoms in total. The Morgan fingerprint density at radius 2 is 2.22 bits per heavy atom. The van der Waals surface area contributed by atoms with E-state index in [4.69, 9.17) is 11.6 Å². The fourth-order valence-corrected chi connectivity index (χ4v) is 3.24. The molecule has 0 bridgehead atoms. The predicted molar refractivity (Wildman–Crippen MR) is 85.6 cm³/mol. The minimum Gasteiger partial charge on any atom is -0.353 e. The first-order valence-corrected chi connectivity index (χ1v) is 7.83. The third-order valence-electron chi connectivity index (χ3n) is 4.04. The van der Waals surface area contributed by atoms with Gasteiger partial charge in [-0.2, -0.15) is 0 Å². The van der Waals surface area contributed by atoms with Gasteiger partial charge < -0.3 is 10.3 Å². The van der Waals surface area contributed by atoms with Crippen LogP contribution in [0.5, 0.6) is 0 Å². The minimum atomic E-state index is -0.756. The number of nitrogens with zero attached hydrogens (tertiary/aromatic N) is 2. The minimum absolute atomic E-state index is 0.219. The van der Waals surface area contributed by atoms with E-state index in [1.807, 2.05) is 18.7 Å². The lowest BCUT2D eigenvalue weighted by atomic mass is 10.0. The molecule has 3 rings (SSSR count). The second-order valence-electron chi connectivity index (χ2n) is 5.69. The van der Waals surface area contributed by atoms with Crippen LogP contribution in [0, 0.1) is 19.7 Å². The van der Waals surface area contributed by atoms with Gasteiger partial charge in [-0.05, 0) is 26.0 Å². The zero-order valence-electron chi connectivity index (χ0n) is 13.0. The third kappa shape index (κ3) is 3.09. The summed E-state index contributed by atoms with van der Waals surface area (Å²) in [4.78, 5) is 21.9. The normalized spacial score (nSPS) is 19.0. The largest absolute Gasteiger partial charge is 0.353 e. The predicted octanol–water partition coefficient (Wildman–Crippen LogP) is 2.49. The lowest BCUT2D eigenvalue weighted by Crippen LogP contribution is -2.50. The van der Waals surface area contributed by atoms with E-state index in [1.54, 1.807) is 6.07 Å². The molecule has 2 heterocycles. The number of hydrogen-bond donors (Lipinski definition) is 2. The Labute approximate surface area is 138 Å². The average Bonchev–Trinajstić information content (AvgIpc) is 2.79. The van der Waals surface area contributed by atoms with Crippen molar-refractivity contribution in [3.8, 4) is 0 Å². The van der Waals surface area contributed by atoms with Gasteiger partial charge in [-0.1, -0.05) is 17.7 Å². The Morgan fingerprint density at radius 3 is 2.87 bits per heavy atom. The van der Waals surface area contributed by atoms with Crippen molar-refractivity contribution in [2.45, 2.75) is 26.4 Å². The van der Waals surface area contributed by atoms with E-state index in [0.717, 1.165) is 17.2 Å². The summed E-state index contributed by atoms with van der Waals surface area (Å²) >= 11 is 6.16. The van der Waals surface area contributed by atoms with Crippen molar-refractivity contribution in [2.75, 3.05) is 13.1 Å². The molecule has 2 N–H and O–H groups in total. The number of aromatic nitrogens is 2. The molecule has 1 saturated heterocycles. The summed E-state index contributed by atoms with van der Waals surface area (Å²) in [6, 6.07) is 3.71. The maximum Gasteiger partial charge on any atom is 0.242 e. The number of aromatic amines is 1. The van der Waals surface area contributed by atoms with Gasteiger partial charge in [0.25, 0.3) is 0 Å². The summed E-state index contributed by atoms with van der Waals surface area (Å²) in [7, 11) is 0. The molecular weight excluding hydrogens is 319 g/mol. The molecule has 7 heteroatoms. The lowest BCUT2D eigenvalue weighted by molar-refractivity contribution is -0.129. The van der Waals surface area contributed by atoms with E-state index in [0.29, 0.717) is 19.6 Å². The van der Waals surface area contributed by atoms with Crippen molar-refractivity contribution in [1.82, 2.24) is 20.2 Å². The average molecular weight is 337 g/mol. The first-order chi connectivity index (χ1) is 11.0. The van der Waals surface area contributed by atoms with E-state index in [1.165, 1.54) is 12.1 Å². The van der Waals surface area contributed by atoms with Gasteiger partial charge in [-0.25, -0.2) is 9.37 Å². The zero-order valence-corrected chi connectivity index (χ0v) is 13.7. The molecule has 23 heavy (non-hydrogen) atoms. The molecular formula is C16H18ClFN4O. The van der Waals surface area contributed by atoms with E-state index in [2.05, 4.69) is 15.3 Å². The zero-order chi connectivity index (χ0) is 16.6. The van der Waals surface area contributed by atoms with E-state index >= 15 is 0 Å². The van der Waals surface area contributed by atoms with Crippen LogP contribution >= 0.6 is 11.6 Å². The second-order valence-corrected chi connectivity index (χ2v) is 6.10. The summed E-state index contributed by atoms with van der Waals surface area (Å²) in [5.74, 6) is 0.104. The first-order valence-electron chi connectivity index (χ1n) is 7.45. The Hall–Kier alpha value is -1.92. The summed E-state index contributed by atoms with van der Waals surface area (Å²) in [6.07, 6.45) is 0. The monoisotopic (exact) mass is 336 g/mol. The Morgan fingerprint density at radius 1 is 1.43 bits per heavy atom. The number of H-pyrrole nitrogens is 1. The highest BCUT2D eigenvalue weighted by Gasteiger charge is 2.35. The molecule has 1 aliphatic rings. The first kappa shape index (κ1) is 16.0. The van der Waals surface area contributed by atoms with Crippen molar-refractivity contribution in [1.29, 1.82) is 0 Å². The molecule has 1 fully saturated rings. The van der Waals surface area contributed by atoms with E-state index in [-0.39, 0.29) is 16.5 Å². The van der Waals surface area contributed by atoms with Crippen LogP contribution < -0.4 is 5.32 Å². The summed E-state index contributed by atoms with van der Waals surface area (Å²) < 4.78 is 14.3. The summed E-state index contributed by atoms with van der Waals surface area (Å²) in [5, 5.41) is 3.04. The van der Waals surface area contributed by atoms with Crippen LogP contribution in [0.1, 0.15) is 28.8 Å². The SMILES string of the molecule is Cc1nc(CN2CCNC(=O)C2c2c(F)cccc2Cl)c(C)[nH]1. The third-order valence-corrected chi connectivity index (χ3v) is 4.37. The van der Waals surface area contributed by atoms with Gasteiger partial charge in [0.15, 0.2) is 0 Å². The van der Waals surface area contributed by atoms with Crippen LogP contribution in [0.3, 0.4) is 0 Å². The number of amides is 1. The number of halogens is 2. The van der Waals surface area contributed by atoms with Gasteiger partial charge >= 0.3 is 0 Å². The second kappa shape index (κ2) is 6.29. The molecule has 1 unspecified atom stereocenters. The highest BCUT2D eigenvalue weighted by molar-refractivity contribution is 6.31. The van der Waals surface area contributed by atoms with E-state index in [9.17, 15) is 9.18 Å². The number of rotatable bonds is 3. The smallest absolute Gasteiger partial charge is 0.242 e. The molecule has 122 valence electrons. The molecule has 0 saturated carbocycles. The number of imidazole rings is 1. The Bertz CT molecular complexity index is 725. The maximum absolute atomic E-state index is 14.3. The molecule has 1 atom stereocenters. The number of nitrogens with one attached hydrogen (secondary N) is 2. The molecule has 1 amide bonds. The Balaban J connectivity index is 1.97. The molecule has 0 radical (unpaired) electrons. The number of benzene rings is 1. The van der Waals surface area contributed by atoms with Gasteiger partial charge in [-0.15, -0.1) is 0 Å². The number of piperazine rings is 1. The van der Waals surface area contributed by atoms with Gasteiger partial charge in [0, 0.05) is 35.9 Å². The highest BCUT2D eigenvalue weighted by atomic mass is 35.5. The quantitative estimate of drug-likeness (QED) is 0.905. The van der Waals surface area contributed by atoms with Crippen molar-refractivity contribution < 1.29 is 9.18 Å². The van der Waals surface area contributed by atoms with Crippen LogP contribution in [0.4, 0.5) is 4.39 Å². The fourth-order valence-electron chi connectivity index (χ4n) is 2.97. The number of carbonyl (C=O) groups is 1. The van der Waals surface area contributed by atoms with Crippen LogP contribution in [0.25, 0.3) is 0 Å². The topological polar surface area (TPSA) is 61.0 Å². The molecule has 1 aromatic carbocycles. The molecule has 1 aromatic heterocycles. The fraction of sp³-hybridized carbons (Fsp3) is 0.375. The molecule has 0 aliphatic carbocycles.